The van der Waals surface area contributed by atoms with E-state index in [4.69, 9.17) is 12.2 Å². The Morgan fingerprint density at radius 1 is 0.931 bits per heavy atom. The van der Waals surface area contributed by atoms with Crippen LogP contribution in [-0.4, -0.2) is 36.8 Å². The molecule has 1 aliphatic rings. The van der Waals surface area contributed by atoms with Gasteiger partial charge in [0, 0.05) is 28.8 Å². The van der Waals surface area contributed by atoms with Gasteiger partial charge in [-0.25, -0.2) is 8.42 Å². The van der Waals surface area contributed by atoms with Gasteiger partial charge in [-0.1, -0.05) is 28.8 Å². The van der Waals surface area contributed by atoms with Crippen molar-refractivity contribution in [3.63, 3.8) is 0 Å². The second kappa shape index (κ2) is 9.80. The molecule has 9 heteroatoms. The molecule has 0 bridgehead atoms. The quantitative estimate of drug-likeness (QED) is 0.623. The molecule has 0 atom stereocenters. The van der Waals surface area contributed by atoms with E-state index in [9.17, 15) is 13.2 Å². The third-order valence-electron chi connectivity index (χ3n) is 4.65. The van der Waals surface area contributed by atoms with Crippen molar-refractivity contribution in [2.75, 3.05) is 18.4 Å². The van der Waals surface area contributed by atoms with Crippen LogP contribution in [0.1, 0.15) is 36.0 Å². The molecule has 1 saturated heterocycles. The van der Waals surface area contributed by atoms with Crippen LogP contribution in [0.2, 0.25) is 0 Å². The van der Waals surface area contributed by atoms with Crippen LogP contribution in [0.25, 0.3) is 0 Å². The van der Waals surface area contributed by atoms with Gasteiger partial charge < -0.3 is 5.32 Å². The molecule has 1 amide bonds. The van der Waals surface area contributed by atoms with Crippen LogP contribution in [0.3, 0.4) is 0 Å². The Kier molecular flexibility index (Phi) is 7.39. The molecule has 154 valence electrons. The predicted molar refractivity (Wildman–Crippen MR) is 121 cm³/mol. The van der Waals surface area contributed by atoms with E-state index in [0.717, 1.165) is 30.2 Å². The Balaban J connectivity index is 1.61. The van der Waals surface area contributed by atoms with Gasteiger partial charge in [0.05, 0.1) is 4.90 Å². The fraction of sp³-hybridized carbons (Fsp3) is 0.300. The number of hydrogen-bond acceptors (Lipinski definition) is 4. The fourth-order valence-corrected chi connectivity index (χ4v) is 5.07. The van der Waals surface area contributed by atoms with E-state index in [2.05, 4.69) is 26.6 Å². The number of anilines is 1. The molecule has 0 radical (unpaired) electrons. The Morgan fingerprint density at radius 2 is 1.52 bits per heavy atom. The molecule has 1 aliphatic heterocycles. The molecule has 0 spiro atoms. The zero-order valence-electron chi connectivity index (χ0n) is 15.7. The average molecular weight is 496 g/mol. The molecule has 2 aromatic carbocycles. The summed E-state index contributed by atoms with van der Waals surface area (Å²) >= 11 is 8.51. The first-order chi connectivity index (χ1) is 13.9. The summed E-state index contributed by atoms with van der Waals surface area (Å²) in [5, 5.41) is 5.65. The number of rotatable bonds is 4. The van der Waals surface area contributed by atoms with Crippen molar-refractivity contribution in [1.82, 2.24) is 9.62 Å². The van der Waals surface area contributed by atoms with Crippen molar-refractivity contribution in [2.45, 2.75) is 30.6 Å². The standard InChI is InChI=1S/C20H22BrN3O3S2/c21-16-7-5-15(6-8-16)19(25)23-20(28)22-17-9-11-18(12-10-17)29(26,27)24-13-3-1-2-4-14-24/h5-12H,1-4,13-14H2,(H2,22,23,25,28). The minimum Gasteiger partial charge on any atom is -0.332 e. The van der Waals surface area contributed by atoms with Crippen molar-refractivity contribution in [1.29, 1.82) is 0 Å². The average Bonchev–Trinajstić information content (AvgIpc) is 2.99. The maximum Gasteiger partial charge on any atom is 0.257 e. The smallest absolute Gasteiger partial charge is 0.257 e. The Hall–Kier alpha value is -1.81. The lowest BCUT2D eigenvalue weighted by molar-refractivity contribution is 0.0977. The molecule has 2 aromatic rings. The number of sulfonamides is 1. The van der Waals surface area contributed by atoms with Gasteiger partial charge in [0.25, 0.3) is 5.91 Å². The second-order valence-electron chi connectivity index (χ2n) is 6.76. The van der Waals surface area contributed by atoms with Gasteiger partial charge in [0.1, 0.15) is 0 Å². The van der Waals surface area contributed by atoms with Crippen molar-refractivity contribution >= 4 is 54.9 Å². The number of amides is 1. The number of benzene rings is 2. The summed E-state index contributed by atoms with van der Waals surface area (Å²) in [5.41, 5.74) is 1.08. The Labute approximate surface area is 184 Å². The van der Waals surface area contributed by atoms with Crippen LogP contribution >= 0.6 is 28.1 Å². The van der Waals surface area contributed by atoms with Gasteiger partial charge in [-0.3, -0.25) is 10.1 Å². The number of thiocarbonyl (C=S) groups is 1. The summed E-state index contributed by atoms with van der Waals surface area (Å²) in [6.45, 7) is 1.13. The normalized spacial score (nSPS) is 15.3. The molecule has 1 fully saturated rings. The number of carbonyl (C=O) groups is 1. The summed E-state index contributed by atoms with van der Waals surface area (Å²) in [5.74, 6) is -0.324. The van der Waals surface area contributed by atoms with Crippen molar-refractivity contribution in [2.24, 2.45) is 0 Å². The molecule has 0 aromatic heterocycles. The topological polar surface area (TPSA) is 78.5 Å². The highest BCUT2D eigenvalue weighted by atomic mass is 79.9. The highest BCUT2D eigenvalue weighted by Gasteiger charge is 2.24. The monoisotopic (exact) mass is 495 g/mol. The first-order valence-electron chi connectivity index (χ1n) is 9.34. The zero-order chi connectivity index (χ0) is 20.9. The first kappa shape index (κ1) is 21.9. The minimum absolute atomic E-state index is 0.140. The minimum atomic E-state index is -3.49. The molecule has 0 unspecified atom stereocenters. The number of carbonyl (C=O) groups excluding carboxylic acids is 1. The summed E-state index contributed by atoms with van der Waals surface area (Å²) < 4.78 is 28.1. The van der Waals surface area contributed by atoms with Gasteiger partial charge in [-0.05, 0) is 73.6 Å². The third kappa shape index (κ3) is 5.85. The maximum absolute atomic E-state index is 12.8. The van der Waals surface area contributed by atoms with Crippen molar-refractivity contribution in [3.05, 3.63) is 58.6 Å². The van der Waals surface area contributed by atoms with E-state index < -0.39 is 10.0 Å². The fourth-order valence-electron chi connectivity index (χ4n) is 3.08. The number of nitrogens with zero attached hydrogens (tertiary/aromatic N) is 1. The molecule has 0 aliphatic carbocycles. The van der Waals surface area contributed by atoms with E-state index in [1.807, 2.05) is 0 Å². The molecule has 3 rings (SSSR count). The van der Waals surface area contributed by atoms with Crippen LogP contribution in [0.4, 0.5) is 5.69 Å². The number of nitrogens with one attached hydrogen (secondary N) is 2. The summed E-state index contributed by atoms with van der Waals surface area (Å²) in [7, 11) is -3.49. The molecule has 29 heavy (non-hydrogen) atoms. The lowest BCUT2D eigenvalue weighted by Gasteiger charge is -2.20. The number of hydrogen-bond donors (Lipinski definition) is 2. The summed E-state index contributed by atoms with van der Waals surface area (Å²) in [6.07, 6.45) is 3.92. The third-order valence-corrected chi connectivity index (χ3v) is 7.29. The lowest BCUT2D eigenvalue weighted by Crippen LogP contribution is -2.34. The van der Waals surface area contributed by atoms with Gasteiger partial charge in [0.2, 0.25) is 10.0 Å². The molecule has 1 heterocycles. The molecule has 2 N–H and O–H groups in total. The van der Waals surface area contributed by atoms with Gasteiger partial charge >= 0.3 is 0 Å². The van der Waals surface area contributed by atoms with Crippen molar-refractivity contribution in [3.8, 4) is 0 Å². The number of halogens is 1. The van der Waals surface area contributed by atoms with Crippen LogP contribution in [-0.2, 0) is 10.0 Å². The van der Waals surface area contributed by atoms with Crippen LogP contribution in [0, 0.1) is 0 Å². The van der Waals surface area contributed by atoms with Gasteiger partial charge in [-0.15, -0.1) is 0 Å². The van der Waals surface area contributed by atoms with E-state index in [0.29, 0.717) is 24.3 Å². The molecule has 6 nitrogen and oxygen atoms in total. The molecule has 0 saturated carbocycles. The zero-order valence-corrected chi connectivity index (χ0v) is 18.9. The second-order valence-corrected chi connectivity index (χ2v) is 10.0. The van der Waals surface area contributed by atoms with E-state index in [1.165, 1.54) is 0 Å². The van der Waals surface area contributed by atoms with Gasteiger partial charge in [0.15, 0.2) is 5.11 Å². The van der Waals surface area contributed by atoms with Crippen LogP contribution in [0.5, 0.6) is 0 Å². The maximum atomic E-state index is 12.8. The largest absolute Gasteiger partial charge is 0.332 e. The van der Waals surface area contributed by atoms with E-state index in [-0.39, 0.29) is 15.9 Å². The predicted octanol–water partition coefficient (Wildman–Crippen LogP) is 4.14. The van der Waals surface area contributed by atoms with Gasteiger partial charge in [-0.2, -0.15) is 4.31 Å². The lowest BCUT2D eigenvalue weighted by atomic mass is 10.2. The Bertz CT molecular complexity index is 969. The van der Waals surface area contributed by atoms with Crippen LogP contribution < -0.4 is 10.6 Å². The highest BCUT2D eigenvalue weighted by Crippen LogP contribution is 2.21. The Morgan fingerprint density at radius 3 is 2.10 bits per heavy atom. The van der Waals surface area contributed by atoms with E-state index in [1.54, 1.807) is 52.8 Å². The molecular formula is C20H22BrN3O3S2. The highest BCUT2D eigenvalue weighted by molar-refractivity contribution is 9.10. The summed E-state index contributed by atoms with van der Waals surface area (Å²) in [4.78, 5) is 12.5. The van der Waals surface area contributed by atoms with E-state index >= 15 is 0 Å². The van der Waals surface area contributed by atoms with Crippen LogP contribution in [0.15, 0.2) is 57.9 Å². The summed E-state index contributed by atoms with van der Waals surface area (Å²) in [6, 6.07) is 13.3. The molecular weight excluding hydrogens is 474 g/mol. The first-order valence-corrected chi connectivity index (χ1v) is 12.0. The SMILES string of the molecule is O=C(NC(=S)Nc1ccc(S(=O)(=O)N2CCCCCC2)cc1)c1ccc(Br)cc1. The van der Waals surface area contributed by atoms with Crippen molar-refractivity contribution < 1.29 is 13.2 Å².